The molecule has 0 aliphatic heterocycles. The SMILES string of the molecule is COc1cccc(OC)c1C(=O)C(CC(C)C)C(=O)OCCC(C)C. The minimum absolute atomic E-state index is 0.173. The molecule has 0 spiro atoms. The van der Waals surface area contributed by atoms with Crippen LogP contribution in [0.3, 0.4) is 0 Å². The Hall–Kier alpha value is -2.04. The van der Waals surface area contributed by atoms with E-state index >= 15 is 0 Å². The van der Waals surface area contributed by atoms with Gasteiger partial charge in [0.1, 0.15) is 23.0 Å². The van der Waals surface area contributed by atoms with Crippen molar-refractivity contribution < 1.29 is 23.8 Å². The zero-order chi connectivity index (χ0) is 19.0. The third-order valence-corrected chi connectivity index (χ3v) is 3.92. The first-order chi connectivity index (χ1) is 11.8. The summed E-state index contributed by atoms with van der Waals surface area (Å²) in [7, 11) is 2.98. The van der Waals surface area contributed by atoms with Gasteiger partial charge in [0, 0.05) is 0 Å². The number of hydrogen-bond acceptors (Lipinski definition) is 5. The fraction of sp³-hybridized carbons (Fsp3) is 0.600. The Bertz CT molecular complexity index is 555. The molecule has 5 nitrogen and oxygen atoms in total. The molecule has 0 bridgehead atoms. The van der Waals surface area contributed by atoms with Crippen molar-refractivity contribution in [2.75, 3.05) is 20.8 Å². The van der Waals surface area contributed by atoms with Crippen molar-refractivity contribution in [3.8, 4) is 11.5 Å². The number of ketones is 1. The Morgan fingerprint density at radius 3 is 1.96 bits per heavy atom. The number of carbonyl (C=O) groups is 2. The van der Waals surface area contributed by atoms with Crippen LogP contribution in [-0.2, 0) is 9.53 Å². The number of methoxy groups -OCH3 is 2. The zero-order valence-corrected chi connectivity index (χ0v) is 16.1. The molecular weight excluding hydrogens is 320 g/mol. The fourth-order valence-electron chi connectivity index (χ4n) is 2.55. The third-order valence-electron chi connectivity index (χ3n) is 3.92. The maximum Gasteiger partial charge on any atom is 0.316 e. The van der Waals surface area contributed by atoms with E-state index in [1.54, 1.807) is 18.2 Å². The van der Waals surface area contributed by atoms with Crippen molar-refractivity contribution >= 4 is 11.8 Å². The second kappa shape index (κ2) is 10.1. The van der Waals surface area contributed by atoms with E-state index < -0.39 is 11.9 Å². The average molecular weight is 350 g/mol. The molecular formula is C20H30O5. The van der Waals surface area contributed by atoms with Crippen LogP contribution in [0.1, 0.15) is 50.9 Å². The number of rotatable bonds is 10. The number of Topliss-reactive ketones (excluding diaryl/α,β-unsaturated/α-hetero) is 1. The standard InChI is InChI=1S/C20H30O5/c1-13(2)10-11-25-20(22)15(12-14(3)4)19(21)18-16(23-5)8-7-9-17(18)24-6/h7-9,13-15H,10-12H2,1-6H3. The summed E-state index contributed by atoms with van der Waals surface area (Å²) in [6.07, 6.45) is 1.19. The highest BCUT2D eigenvalue weighted by atomic mass is 16.5. The van der Waals surface area contributed by atoms with Gasteiger partial charge in [0.2, 0.25) is 0 Å². The molecule has 1 atom stereocenters. The molecule has 0 aromatic heterocycles. The first kappa shape index (κ1) is 21.0. The summed E-state index contributed by atoms with van der Waals surface area (Å²) in [5.41, 5.74) is 0.291. The number of ether oxygens (including phenoxy) is 3. The predicted molar refractivity (Wildman–Crippen MR) is 97.2 cm³/mol. The van der Waals surface area contributed by atoms with Gasteiger partial charge >= 0.3 is 5.97 Å². The molecule has 1 aromatic carbocycles. The van der Waals surface area contributed by atoms with Crippen molar-refractivity contribution in [1.82, 2.24) is 0 Å². The van der Waals surface area contributed by atoms with Crippen LogP contribution in [-0.4, -0.2) is 32.6 Å². The van der Waals surface area contributed by atoms with E-state index in [1.807, 2.05) is 13.8 Å². The topological polar surface area (TPSA) is 61.8 Å². The van der Waals surface area contributed by atoms with E-state index in [-0.39, 0.29) is 11.7 Å². The lowest BCUT2D eigenvalue weighted by Gasteiger charge is -2.20. The normalized spacial score (nSPS) is 12.2. The number of benzene rings is 1. The lowest BCUT2D eigenvalue weighted by atomic mass is 9.89. The minimum atomic E-state index is -0.864. The van der Waals surface area contributed by atoms with E-state index in [1.165, 1.54) is 14.2 Å². The minimum Gasteiger partial charge on any atom is -0.496 e. The molecule has 0 heterocycles. The lowest BCUT2D eigenvalue weighted by molar-refractivity contribution is -0.147. The summed E-state index contributed by atoms with van der Waals surface area (Å²) in [6.45, 7) is 8.39. The van der Waals surface area contributed by atoms with Gasteiger partial charge in [0.25, 0.3) is 0 Å². The van der Waals surface area contributed by atoms with Crippen molar-refractivity contribution in [2.45, 2.75) is 40.5 Å². The third kappa shape index (κ3) is 6.07. The molecule has 0 N–H and O–H groups in total. The first-order valence-electron chi connectivity index (χ1n) is 8.73. The highest BCUT2D eigenvalue weighted by Crippen LogP contribution is 2.32. The van der Waals surface area contributed by atoms with Gasteiger partial charge < -0.3 is 14.2 Å². The predicted octanol–water partition coefficient (Wildman–Crippen LogP) is 4.14. The van der Waals surface area contributed by atoms with Crippen LogP contribution in [0.25, 0.3) is 0 Å². The molecule has 0 aliphatic carbocycles. The van der Waals surface area contributed by atoms with Crippen molar-refractivity contribution in [3.05, 3.63) is 23.8 Å². The summed E-state index contributed by atoms with van der Waals surface area (Å²) in [6, 6.07) is 5.12. The molecule has 0 amide bonds. The molecule has 1 unspecified atom stereocenters. The summed E-state index contributed by atoms with van der Waals surface area (Å²) in [5.74, 6) is -0.267. The van der Waals surface area contributed by atoms with Crippen LogP contribution in [0.5, 0.6) is 11.5 Å². The van der Waals surface area contributed by atoms with E-state index in [0.717, 1.165) is 6.42 Å². The van der Waals surface area contributed by atoms with Gasteiger partial charge in [-0.15, -0.1) is 0 Å². The molecule has 0 fully saturated rings. The summed E-state index contributed by atoms with van der Waals surface area (Å²) in [5, 5.41) is 0. The molecule has 1 aromatic rings. The second-order valence-electron chi connectivity index (χ2n) is 6.93. The summed E-state index contributed by atoms with van der Waals surface area (Å²) >= 11 is 0. The highest BCUT2D eigenvalue weighted by Gasteiger charge is 2.33. The maximum atomic E-state index is 13.1. The van der Waals surface area contributed by atoms with Gasteiger partial charge in [-0.2, -0.15) is 0 Å². The molecule has 0 saturated carbocycles. The Labute approximate surface area is 150 Å². The van der Waals surface area contributed by atoms with Gasteiger partial charge in [-0.25, -0.2) is 0 Å². The van der Waals surface area contributed by atoms with Crippen molar-refractivity contribution in [2.24, 2.45) is 17.8 Å². The number of esters is 1. The van der Waals surface area contributed by atoms with Gasteiger partial charge in [-0.05, 0) is 36.8 Å². The van der Waals surface area contributed by atoms with Crippen LogP contribution in [0.2, 0.25) is 0 Å². The van der Waals surface area contributed by atoms with Crippen LogP contribution in [0.4, 0.5) is 0 Å². The first-order valence-corrected chi connectivity index (χ1v) is 8.73. The molecule has 0 radical (unpaired) electrons. The number of carbonyl (C=O) groups excluding carboxylic acids is 2. The van der Waals surface area contributed by atoms with Gasteiger partial charge in [0.15, 0.2) is 5.78 Å². The molecule has 140 valence electrons. The van der Waals surface area contributed by atoms with Gasteiger partial charge in [-0.3, -0.25) is 9.59 Å². The summed E-state index contributed by atoms with van der Waals surface area (Å²) < 4.78 is 16.0. The Morgan fingerprint density at radius 1 is 0.960 bits per heavy atom. The second-order valence-corrected chi connectivity index (χ2v) is 6.93. The van der Waals surface area contributed by atoms with Crippen LogP contribution in [0.15, 0.2) is 18.2 Å². The lowest BCUT2D eigenvalue weighted by Crippen LogP contribution is -2.29. The smallest absolute Gasteiger partial charge is 0.316 e. The Balaban J connectivity index is 3.10. The summed E-state index contributed by atoms with van der Waals surface area (Å²) in [4.78, 5) is 25.7. The Kier molecular flexibility index (Phi) is 8.46. The van der Waals surface area contributed by atoms with E-state index in [2.05, 4.69) is 13.8 Å². The molecule has 5 heteroatoms. The monoisotopic (exact) mass is 350 g/mol. The molecule has 25 heavy (non-hydrogen) atoms. The van der Waals surface area contributed by atoms with Gasteiger partial charge in [-0.1, -0.05) is 33.8 Å². The van der Waals surface area contributed by atoms with Crippen LogP contribution < -0.4 is 9.47 Å². The Morgan fingerprint density at radius 2 is 1.52 bits per heavy atom. The van der Waals surface area contributed by atoms with E-state index in [0.29, 0.717) is 36.0 Å². The van der Waals surface area contributed by atoms with E-state index in [9.17, 15) is 9.59 Å². The highest BCUT2D eigenvalue weighted by molar-refractivity contribution is 6.11. The fourth-order valence-corrected chi connectivity index (χ4v) is 2.55. The van der Waals surface area contributed by atoms with Crippen molar-refractivity contribution in [3.63, 3.8) is 0 Å². The molecule has 1 rings (SSSR count). The zero-order valence-electron chi connectivity index (χ0n) is 16.1. The van der Waals surface area contributed by atoms with Crippen LogP contribution in [0, 0.1) is 17.8 Å². The molecule has 0 aliphatic rings. The average Bonchev–Trinajstić information content (AvgIpc) is 2.57. The van der Waals surface area contributed by atoms with Crippen LogP contribution >= 0.6 is 0 Å². The van der Waals surface area contributed by atoms with Crippen molar-refractivity contribution in [1.29, 1.82) is 0 Å². The quantitative estimate of drug-likeness (QED) is 0.360. The largest absolute Gasteiger partial charge is 0.496 e. The molecule has 0 saturated heterocycles. The van der Waals surface area contributed by atoms with E-state index in [4.69, 9.17) is 14.2 Å². The number of hydrogen-bond donors (Lipinski definition) is 0. The maximum absolute atomic E-state index is 13.1. The van der Waals surface area contributed by atoms with Gasteiger partial charge in [0.05, 0.1) is 20.8 Å².